The minimum absolute atomic E-state index is 0.0399. The number of carbonyl (C=O) groups is 1. The van der Waals surface area contributed by atoms with Gasteiger partial charge in [0.25, 0.3) is 5.91 Å². The number of anilines is 3. The highest BCUT2D eigenvalue weighted by Gasteiger charge is 2.15. The number of hydrogen-bond acceptors (Lipinski definition) is 5. The van der Waals surface area contributed by atoms with Gasteiger partial charge in [0, 0.05) is 6.07 Å². The van der Waals surface area contributed by atoms with Crippen molar-refractivity contribution < 1.29 is 18.3 Å². The summed E-state index contributed by atoms with van der Waals surface area (Å²) in [5, 5.41) is 5.29. The van der Waals surface area contributed by atoms with E-state index in [2.05, 4.69) is 20.6 Å². The summed E-state index contributed by atoms with van der Waals surface area (Å²) in [6, 6.07) is 11.8. The van der Waals surface area contributed by atoms with E-state index in [9.17, 15) is 13.6 Å². The number of nitrogens with one attached hydrogen (secondary N) is 2. The van der Waals surface area contributed by atoms with Gasteiger partial charge in [0.1, 0.15) is 40.4 Å². The lowest BCUT2D eigenvalue weighted by molar-refractivity contribution is 0.102. The van der Waals surface area contributed by atoms with Crippen LogP contribution >= 0.6 is 0 Å². The molecule has 3 aromatic rings. The van der Waals surface area contributed by atoms with Crippen LogP contribution in [0.5, 0.6) is 5.75 Å². The maximum Gasteiger partial charge on any atom is 0.274 e. The highest BCUT2D eigenvalue weighted by Crippen LogP contribution is 2.25. The Morgan fingerprint density at radius 2 is 1.79 bits per heavy atom. The SMILES string of the molecule is CCOc1ccccc1NC(=O)c1cc(Nc2c(F)cccc2F)nc(C)n1. The molecule has 1 heterocycles. The number of aromatic nitrogens is 2. The van der Waals surface area contributed by atoms with Crippen LogP contribution in [0.2, 0.25) is 0 Å². The number of benzene rings is 2. The zero-order valence-corrected chi connectivity index (χ0v) is 15.3. The number of carbonyl (C=O) groups excluding carboxylic acids is 1. The first kappa shape index (κ1) is 19.2. The summed E-state index contributed by atoms with van der Waals surface area (Å²) in [7, 11) is 0. The Morgan fingerprint density at radius 1 is 1.07 bits per heavy atom. The topological polar surface area (TPSA) is 76.1 Å². The molecular formula is C20H18F2N4O2. The molecule has 144 valence electrons. The summed E-state index contributed by atoms with van der Waals surface area (Å²) >= 11 is 0. The van der Waals surface area contributed by atoms with Gasteiger partial charge < -0.3 is 15.4 Å². The van der Waals surface area contributed by atoms with Gasteiger partial charge in [0.05, 0.1) is 12.3 Å². The average Bonchev–Trinajstić information content (AvgIpc) is 2.66. The minimum Gasteiger partial charge on any atom is -0.492 e. The molecule has 0 radical (unpaired) electrons. The van der Waals surface area contributed by atoms with Crippen LogP contribution in [-0.4, -0.2) is 22.5 Å². The van der Waals surface area contributed by atoms with Crippen molar-refractivity contribution in [2.45, 2.75) is 13.8 Å². The van der Waals surface area contributed by atoms with Gasteiger partial charge in [-0.15, -0.1) is 0 Å². The van der Waals surface area contributed by atoms with Gasteiger partial charge >= 0.3 is 0 Å². The number of halogens is 2. The summed E-state index contributed by atoms with van der Waals surface area (Å²) in [4.78, 5) is 20.8. The van der Waals surface area contributed by atoms with Crippen molar-refractivity contribution in [2.24, 2.45) is 0 Å². The Morgan fingerprint density at radius 3 is 2.50 bits per heavy atom. The standard InChI is InChI=1S/C20H18F2N4O2/c1-3-28-17-10-5-4-9-15(17)25-20(27)16-11-18(24-12(2)23-16)26-19-13(21)7-6-8-14(19)22/h4-11H,3H2,1-2H3,(H,25,27)(H,23,24,26). The predicted molar refractivity (Wildman–Crippen MR) is 102 cm³/mol. The van der Waals surface area contributed by atoms with Crippen molar-refractivity contribution in [1.82, 2.24) is 9.97 Å². The fourth-order valence-electron chi connectivity index (χ4n) is 2.53. The average molecular weight is 384 g/mol. The third kappa shape index (κ3) is 4.40. The molecule has 0 unspecified atom stereocenters. The van der Waals surface area contributed by atoms with Crippen molar-refractivity contribution in [1.29, 1.82) is 0 Å². The van der Waals surface area contributed by atoms with E-state index in [-0.39, 0.29) is 23.0 Å². The zero-order chi connectivity index (χ0) is 20.1. The zero-order valence-electron chi connectivity index (χ0n) is 15.3. The van der Waals surface area contributed by atoms with Gasteiger partial charge in [0.2, 0.25) is 0 Å². The molecule has 6 nitrogen and oxygen atoms in total. The molecule has 0 aliphatic heterocycles. The van der Waals surface area contributed by atoms with Crippen LogP contribution in [0.1, 0.15) is 23.2 Å². The molecule has 1 aromatic heterocycles. The van der Waals surface area contributed by atoms with Crippen LogP contribution in [0.15, 0.2) is 48.5 Å². The molecule has 0 atom stereocenters. The van der Waals surface area contributed by atoms with Gasteiger partial charge in [-0.1, -0.05) is 18.2 Å². The number of rotatable bonds is 6. The number of para-hydroxylation sites is 3. The molecule has 0 aliphatic rings. The Hall–Kier alpha value is -3.55. The van der Waals surface area contributed by atoms with E-state index in [0.717, 1.165) is 12.1 Å². The molecule has 0 saturated carbocycles. The van der Waals surface area contributed by atoms with E-state index in [0.29, 0.717) is 18.0 Å². The summed E-state index contributed by atoms with van der Waals surface area (Å²) in [5.41, 5.74) is 0.173. The van der Waals surface area contributed by atoms with Crippen LogP contribution in [0.25, 0.3) is 0 Å². The third-order valence-corrected chi connectivity index (χ3v) is 3.72. The minimum atomic E-state index is -0.770. The van der Waals surface area contributed by atoms with E-state index < -0.39 is 17.5 Å². The van der Waals surface area contributed by atoms with Gasteiger partial charge in [0.15, 0.2) is 0 Å². The summed E-state index contributed by atoms with van der Waals surface area (Å²) in [5.74, 6) is -1.16. The number of hydrogen-bond donors (Lipinski definition) is 2. The van der Waals surface area contributed by atoms with E-state index in [1.807, 2.05) is 6.92 Å². The highest BCUT2D eigenvalue weighted by atomic mass is 19.1. The van der Waals surface area contributed by atoms with E-state index in [1.165, 1.54) is 12.1 Å². The van der Waals surface area contributed by atoms with Gasteiger partial charge in [-0.25, -0.2) is 18.7 Å². The molecule has 0 fully saturated rings. The molecule has 2 N–H and O–H groups in total. The smallest absolute Gasteiger partial charge is 0.274 e. The van der Waals surface area contributed by atoms with E-state index >= 15 is 0 Å². The maximum absolute atomic E-state index is 13.9. The first-order chi connectivity index (χ1) is 13.5. The third-order valence-electron chi connectivity index (χ3n) is 3.72. The fraction of sp³-hybridized carbons (Fsp3) is 0.150. The van der Waals surface area contributed by atoms with E-state index in [4.69, 9.17) is 4.74 Å². The lowest BCUT2D eigenvalue weighted by Gasteiger charge is -2.12. The lowest BCUT2D eigenvalue weighted by atomic mass is 10.2. The first-order valence-corrected chi connectivity index (χ1v) is 8.58. The Balaban J connectivity index is 1.86. The molecule has 0 saturated heterocycles. The second-order valence-corrected chi connectivity index (χ2v) is 5.79. The Bertz CT molecular complexity index is 991. The van der Waals surface area contributed by atoms with Crippen LogP contribution in [0, 0.1) is 18.6 Å². The molecule has 28 heavy (non-hydrogen) atoms. The van der Waals surface area contributed by atoms with Crippen molar-refractivity contribution in [3.05, 3.63) is 71.7 Å². The predicted octanol–water partition coefficient (Wildman–Crippen LogP) is 4.46. The molecule has 1 amide bonds. The number of ether oxygens (including phenoxy) is 1. The van der Waals surface area contributed by atoms with Crippen LogP contribution in [0.4, 0.5) is 26.0 Å². The largest absolute Gasteiger partial charge is 0.492 e. The second-order valence-electron chi connectivity index (χ2n) is 5.79. The summed E-state index contributed by atoms with van der Waals surface area (Å²) in [6.45, 7) is 3.86. The molecule has 2 aromatic carbocycles. The van der Waals surface area contributed by atoms with Gasteiger partial charge in [-0.3, -0.25) is 4.79 Å². The lowest BCUT2D eigenvalue weighted by Crippen LogP contribution is -2.16. The Labute approximate surface area is 160 Å². The number of amides is 1. The van der Waals surface area contributed by atoms with Crippen LogP contribution < -0.4 is 15.4 Å². The van der Waals surface area contributed by atoms with Gasteiger partial charge in [-0.2, -0.15) is 0 Å². The monoisotopic (exact) mass is 384 g/mol. The first-order valence-electron chi connectivity index (χ1n) is 8.58. The van der Waals surface area contributed by atoms with Crippen molar-refractivity contribution >= 4 is 23.1 Å². The van der Waals surface area contributed by atoms with Crippen LogP contribution in [0.3, 0.4) is 0 Å². The van der Waals surface area contributed by atoms with Crippen molar-refractivity contribution in [3.63, 3.8) is 0 Å². The Kier molecular flexibility index (Phi) is 5.78. The second kappa shape index (κ2) is 8.43. The molecule has 0 spiro atoms. The van der Waals surface area contributed by atoms with Crippen LogP contribution in [-0.2, 0) is 0 Å². The van der Waals surface area contributed by atoms with Crippen molar-refractivity contribution in [2.75, 3.05) is 17.2 Å². The number of nitrogens with zero attached hydrogens (tertiary/aromatic N) is 2. The van der Waals surface area contributed by atoms with Gasteiger partial charge in [-0.05, 0) is 38.1 Å². The normalized spacial score (nSPS) is 10.4. The molecule has 0 aliphatic carbocycles. The molecule has 0 bridgehead atoms. The summed E-state index contributed by atoms with van der Waals surface area (Å²) in [6.07, 6.45) is 0. The number of aryl methyl sites for hydroxylation is 1. The molecule has 3 rings (SSSR count). The van der Waals surface area contributed by atoms with Crippen molar-refractivity contribution in [3.8, 4) is 5.75 Å². The molecule has 8 heteroatoms. The fourth-order valence-corrected chi connectivity index (χ4v) is 2.53. The maximum atomic E-state index is 13.9. The highest BCUT2D eigenvalue weighted by molar-refractivity contribution is 6.04. The quantitative estimate of drug-likeness (QED) is 0.656. The summed E-state index contributed by atoms with van der Waals surface area (Å²) < 4.78 is 33.2. The van der Waals surface area contributed by atoms with E-state index in [1.54, 1.807) is 31.2 Å². The molecular weight excluding hydrogens is 366 g/mol.